The van der Waals surface area contributed by atoms with Crippen LogP contribution in [0.4, 0.5) is 0 Å². The lowest BCUT2D eigenvalue weighted by molar-refractivity contribution is -0.176. The lowest BCUT2D eigenvalue weighted by atomic mass is 9.46. The van der Waals surface area contributed by atoms with Crippen LogP contribution in [0.15, 0.2) is 11.6 Å². The van der Waals surface area contributed by atoms with E-state index in [4.69, 9.17) is 14.2 Å². The lowest BCUT2D eigenvalue weighted by Gasteiger charge is -2.60. The van der Waals surface area contributed by atoms with E-state index in [-0.39, 0.29) is 40.9 Å². The monoisotopic (exact) mass is 488 g/mol. The van der Waals surface area contributed by atoms with Gasteiger partial charge in [-0.05, 0) is 79.4 Å². The van der Waals surface area contributed by atoms with Crippen molar-refractivity contribution >= 4 is 17.9 Å². The first kappa shape index (κ1) is 26.2. The van der Waals surface area contributed by atoms with Gasteiger partial charge in [-0.15, -0.1) is 0 Å². The van der Waals surface area contributed by atoms with Crippen molar-refractivity contribution < 1.29 is 28.6 Å². The molecule has 0 aliphatic heterocycles. The van der Waals surface area contributed by atoms with E-state index in [0.717, 1.165) is 38.5 Å². The highest BCUT2D eigenvalue weighted by Crippen LogP contribution is 2.67. The Bertz CT molecular complexity index is 878. The molecule has 0 spiro atoms. The fourth-order valence-electron chi connectivity index (χ4n) is 9.00. The zero-order valence-corrected chi connectivity index (χ0v) is 22.4. The van der Waals surface area contributed by atoms with Gasteiger partial charge in [-0.25, -0.2) is 0 Å². The van der Waals surface area contributed by atoms with Crippen LogP contribution in [0.1, 0.15) is 92.4 Å². The number of carbonyl (C=O) groups is 3. The summed E-state index contributed by atoms with van der Waals surface area (Å²) >= 11 is 0. The Morgan fingerprint density at radius 1 is 1.09 bits per heavy atom. The van der Waals surface area contributed by atoms with Gasteiger partial charge in [0.2, 0.25) is 0 Å². The fraction of sp³-hybridized carbons (Fsp3) is 0.828. The maximum Gasteiger partial charge on any atom is 0.305 e. The summed E-state index contributed by atoms with van der Waals surface area (Å²) in [5.74, 6) is 1.75. The molecule has 0 aromatic heterocycles. The quantitative estimate of drug-likeness (QED) is 0.274. The minimum absolute atomic E-state index is 0.0321. The lowest BCUT2D eigenvalue weighted by Crippen LogP contribution is -2.57. The van der Waals surface area contributed by atoms with E-state index in [2.05, 4.69) is 26.8 Å². The first-order chi connectivity index (χ1) is 16.5. The largest absolute Gasteiger partial charge is 0.469 e. The summed E-state index contributed by atoms with van der Waals surface area (Å²) in [5.41, 5.74) is 1.45. The number of methoxy groups -OCH3 is 1. The molecule has 9 atom stereocenters. The number of hydrogen-bond acceptors (Lipinski definition) is 6. The van der Waals surface area contributed by atoms with Crippen LogP contribution < -0.4 is 0 Å². The number of fused-ring (bicyclic) bond motifs is 5. The van der Waals surface area contributed by atoms with Crippen molar-refractivity contribution in [1.82, 2.24) is 0 Å². The standard InChI is InChI=1S/C29H44O6/c1-17(7-12-26(32)33-6)23-10-11-24-22-9-8-20-15-21(34-18(2)30)13-14-28(20,4)27(22)25(35-19(3)31)16-29(23,24)5/h8,17,21-25,27H,7,9-16H2,1-6H3/t17-,21+,22+,23-,24+,25-,27-,28+,29-/m1/s1. The molecule has 0 bridgehead atoms. The smallest absolute Gasteiger partial charge is 0.305 e. The van der Waals surface area contributed by atoms with Gasteiger partial charge in [-0.1, -0.05) is 32.4 Å². The highest BCUT2D eigenvalue weighted by molar-refractivity contribution is 5.69. The van der Waals surface area contributed by atoms with Gasteiger partial charge in [0.25, 0.3) is 0 Å². The SMILES string of the molecule is COC(=O)CC[C@@H](C)[C@H]1CC[C@H]2[C@@H]3CC=C4C[C@@H](OC(C)=O)CC[C@]4(C)[C@H]3[C@H](OC(C)=O)C[C@]12C. The van der Waals surface area contributed by atoms with Gasteiger partial charge in [0.15, 0.2) is 0 Å². The summed E-state index contributed by atoms with van der Waals surface area (Å²) < 4.78 is 16.6. The topological polar surface area (TPSA) is 78.9 Å². The van der Waals surface area contributed by atoms with Crippen molar-refractivity contribution in [2.45, 2.75) is 105 Å². The molecule has 0 N–H and O–H groups in total. The number of allylic oxidation sites excluding steroid dienone is 1. The molecular weight excluding hydrogens is 444 g/mol. The minimum Gasteiger partial charge on any atom is -0.469 e. The molecule has 4 aliphatic carbocycles. The second-order valence-corrected chi connectivity index (χ2v) is 12.3. The number of carbonyl (C=O) groups excluding carboxylic acids is 3. The van der Waals surface area contributed by atoms with E-state index >= 15 is 0 Å². The van der Waals surface area contributed by atoms with Gasteiger partial charge in [-0.2, -0.15) is 0 Å². The number of ether oxygens (including phenoxy) is 3. The average molecular weight is 489 g/mol. The Morgan fingerprint density at radius 2 is 1.80 bits per heavy atom. The minimum atomic E-state index is -0.211. The van der Waals surface area contributed by atoms with Gasteiger partial charge >= 0.3 is 17.9 Å². The van der Waals surface area contributed by atoms with Crippen LogP contribution in [0.5, 0.6) is 0 Å². The van der Waals surface area contributed by atoms with E-state index in [1.807, 2.05) is 0 Å². The molecule has 0 amide bonds. The number of esters is 3. The molecule has 196 valence electrons. The fourth-order valence-corrected chi connectivity index (χ4v) is 9.00. The van der Waals surface area contributed by atoms with Gasteiger partial charge in [0.05, 0.1) is 7.11 Å². The second-order valence-electron chi connectivity index (χ2n) is 12.3. The molecular formula is C29H44O6. The van der Waals surface area contributed by atoms with Crippen LogP contribution in [0.2, 0.25) is 0 Å². The summed E-state index contributed by atoms with van der Waals surface area (Å²) in [6.45, 7) is 10.1. The van der Waals surface area contributed by atoms with Crippen molar-refractivity contribution in [3.8, 4) is 0 Å². The Balaban J connectivity index is 1.62. The first-order valence-corrected chi connectivity index (χ1v) is 13.6. The van der Waals surface area contributed by atoms with E-state index in [9.17, 15) is 14.4 Å². The number of hydrogen-bond donors (Lipinski definition) is 0. The summed E-state index contributed by atoms with van der Waals surface area (Å²) in [6, 6.07) is 0. The Kier molecular flexibility index (Phi) is 7.41. The predicted molar refractivity (Wildman–Crippen MR) is 132 cm³/mol. The van der Waals surface area contributed by atoms with Gasteiger partial charge < -0.3 is 14.2 Å². The molecule has 0 saturated heterocycles. The molecule has 6 heteroatoms. The van der Waals surface area contributed by atoms with Crippen LogP contribution >= 0.6 is 0 Å². The molecule has 0 aromatic carbocycles. The predicted octanol–water partition coefficient (Wildman–Crippen LogP) is 5.63. The molecule has 4 rings (SSSR count). The molecule has 0 heterocycles. The molecule has 3 fully saturated rings. The van der Waals surface area contributed by atoms with Crippen molar-refractivity contribution in [1.29, 1.82) is 0 Å². The Morgan fingerprint density at radius 3 is 2.46 bits per heavy atom. The van der Waals surface area contributed by atoms with E-state index in [1.54, 1.807) is 0 Å². The summed E-state index contributed by atoms with van der Waals surface area (Å²) in [6.07, 6.45) is 10.5. The first-order valence-electron chi connectivity index (χ1n) is 13.6. The molecule has 0 aromatic rings. The van der Waals surface area contributed by atoms with Crippen LogP contribution in [-0.4, -0.2) is 37.2 Å². The number of rotatable bonds is 6. The summed E-state index contributed by atoms with van der Waals surface area (Å²) in [4.78, 5) is 35.7. The van der Waals surface area contributed by atoms with Crippen molar-refractivity contribution in [2.75, 3.05) is 7.11 Å². The van der Waals surface area contributed by atoms with Gasteiger partial charge in [0, 0.05) is 32.6 Å². The van der Waals surface area contributed by atoms with Crippen LogP contribution in [0.3, 0.4) is 0 Å². The van der Waals surface area contributed by atoms with Gasteiger partial charge in [-0.3, -0.25) is 14.4 Å². The van der Waals surface area contributed by atoms with Crippen molar-refractivity contribution in [2.24, 2.45) is 40.4 Å². The third-order valence-electron chi connectivity index (χ3n) is 10.4. The van der Waals surface area contributed by atoms with Crippen LogP contribution in [0.25, 0.3) is 0 Å². The maximum atomic E-state index is 12.3. The van der Waals surface area contributed by atoms with Crippen molar-refractivity contribution in [3.63, 3.8) is 0 Å². The van der Waals surface area contributed by atoms with Gasteiger partial charge in [0.1, 0.15) is 12.2 Å². The third kappa shape index (κ3) is 4.79. The van der Waals surface area contributed by atoms with E-state index < -0.39 is 0 Å². The molecule has 4 aliphatic rings. The highest BCUT2D eigenvalue weighted by atomic mass is 16.5. The molecule has 0 radical (unpaired) electrons. The summed E-state index contributed by atoms with van der Waals surface area (Å²) in [7, 11) is 1.45. The zero-order chi connectivity index (χ0) is 25.5. The summed E-state index contributed by atoms with van der Waals surface area (Å²) in [5, 5.41) is 0. The van der Waals surface area contributed by atoms with Crippen molar-refractivity contribution in [3.05, 3.63) is 11.6 Å². The average Bonchev–Trinajstić information content (AvgIpc) is 3.13. The van der Waals surface area contributed by atoms with Crippen LogP contribution in [-0.2, 0) is 28.6 Å². The maximum absolute atomic E-state index is 12.3. The highest BCUT2D eigenvalue weighted by Gasteiger charge is 2.63. The zero-order valence-electron chi connectivity index (χ0n) is 22.4. The molecule has 0 unspecified atom stereocenters. The van der Waals surface area contributed by atoms with E-state index in [0.29, 0.717) is 36.0 Å². The van der Waals surface area contributed by atoms with E-state index in [1.165, 1.54) is 39.4 Å². The molecule has 6 nitrogen and oxygen atoms in total. The molecule has 35 heavy (non-hydrogen) atoms. The Labute approximate surface area is 210 Å². The third-order valence-corrected chi connectivity index (χ3v) is 10.4. The van der Waals surface area contributed by atoms with Crippen LogP contribution in [0, 0.1) is 40.4 Å². The normalized spacial score (nSPS) is 40.9. The molecule has 3 saturated carbocycles. The second kappa shape index (κ2) is 9.89. The Hall–Kier alpha value is -1.85.